The van der Waals surface area contributed by atoms with Gasteiger partial charge in [-0.3, -0.25) is 0 Å². The molecule has 2 aromatic carbocycles. The topological polar surface area (TPSA) is 140 Å². The maximum absolute atomic E-state index is 12.3. The minimum Gasteiger partial charge on any atom is -0.478 e. The lowest BCUT2D eigenvalue weighted by Gasteiger charge is -2.06. The first-order chi connectivity index (χ1) is 13.8. The molecule has 0 bridgehead atoms. The summed E-state index contributed by atoms with van der Waals surface area (Å²) in [5.41, 5.74) is -0.350. The molecule has 2 N–H and O–H groups in total. The summed E-state index contributed by atoms with van der Waals surface area (Å²) in [6.07, 6.45) is 2.02. The Bertz CT molecular complexity index is 990. The van der Waals surface area contributed by atoms with Gasteiger partial charge in [0.1, 0.15) is 35.2 Å². The van der Waals surface area contributed by atoms with Crippen molar-refractivity contribution in [3.05, 3.63) is 83.3 Å². The van der Waals surface area contributed by atoms with Crippen LogP contribution < -0.4 is 9.47 Å². The molecule has 3 aromatic rings. The fourth-order valence-electron chi connectivity index (χ4n) is 2.27. The Hall–Kier alpha value is -4.40. The van der Waals surface area contributed by atoms with E-state index in [1.807, 2.05) is 0 Å². The predicted molar refractivity (Wildman–Crippen MR) is 95.4 cm³/mol. The van der Waals surface area contributed by atoms with Crippen LogP contribution in [-0.2, 0) is 0 Å². The van der Waals surface area contributed by atoms with E-state index < -0.39 is 23.9 Å². The van der Waals surface area contributed by atoms with Gasteiger partial charge in [-0.2, -0.15) is 0 Å². The average molecular weight is 396 g/mol. The monoisotopic (exact) mass is 396 g/mol. The highest BCUT2D eigenvalue weighted by atomic mass is 16.5. The Labute approximate surface area is 162 Å². The highest BCUT2D eigenvalue weighted by molar-refractivity contribution is 6.04. The van der Waals surface area contributed by atoms with Crippen molar-refractivity contribution in [1.29, 1.82) is 0 Å². The van der Waals surface area contributed by atoms with Gasteiger partial charge in [-0.25, -0.2) is 19.2 Å². The number of furan rings is 1. The largest absolute Gasteiger partial charge is 0.478 e. The second kappa shape index (κ2) is 8.09. The molecule has 0 unspecified atom stereocenters. The lowest BCUT2D eigenvalue weighted by atomic mass is 10.2. The van der Waals surface area contributed by atoms with Crippen molar-refractivity contribution >= 4 is 23.9 Å². The molecule has 146 valence electrons. The number of hydrogen-bond acceptors (Lipinski definition) is 7. The van der Waals surface area contributed by atoms with Crippen LogP contribution in [0.2, 0.25) is 0 Å². The predicted octanol–water partition coefficient (Wildman–Crippen LogP) is 3.11. The molecule has 1 aromatic heterocycles. The summed E-state index contributed by atoms with van der Waals surface area (Å²) in [4.78, 5) is 46.3. The van der Waals surface area contributed by atoms with Gasteiger partial charge in [0, 0.05) is 0 Å². The highest BCUT2D eigenvalue weighted by Crippen LogP contribution is 2.20. The standard InChI is InChI=1S/C20H12O9/c21-17(22)11-1-5-13(6-2-11)28-19(25)15-9-27-10-16(15)20(26)29-14-7-3-12(4-8-14)18(23)24/h1-10H,(H,21,22)(H,23,24). The molecule has 0 amide bonds. The number of carboxylic acids is 2. The van der Waals surface area contributed by atoms with Crippen LogP contribution in [0.1, 0.15) is 41.4 Å². The molecule has 0 aliphatic rings. The molecule has 0 radical (unpaired) electrons. The van der Waals surface area contributed by atoms with E-state index in [2.05, 4.69) is 0 Å². The quantitative estimate of drug-likeness (QED) is 0.475. The third-order valence-corrected chi connectivity index (χ3v) is 3.73. The third kappa shape index (κ3) is 4.48. The number of benzene rings is 2. The normalized spacial score (nSPS) is 10.2. The summed E-state index contributed by atoms with van der Waals surface area (Å²) in [5, 5.41) is 17.7. The van der Waals surface area contributed by atoms with Crippen LogP contribution >= 0.6 is 0 Å². The first-order valence-corrected chi connectivity index (χ1v) is 8.02. The number of carbonyl (C=O) groups is 4. The molecule has 29 heavy (non-hydrogen) atoms. The summed E-state index contributed by atoms with van der Waals surface area (Å²) in [6.45, 7) is 0. The first-order valence-electron chi connectivity index (χ1n) is 8.02. The molecule has 0 spiro atoms. The van der Waals surface area contributed by atoms with Crippen molar-refractivity contribution in [2.24, 2.45) is 0 Å². The van der Waals surface area contributed by atoms with Gasteiger partial charge in [-0.15, -0.1) is 0 Å². The van der Waals surface area contributed by atoms with Crippen LogP contribution in [0, 0.1) is 0 Å². The van der Waals surface area contributed by atoms with Gasteiger partial charge in [-0.1, -0.05) is 0 Å². The van der Waals surface area contributed by atoms with Crippen molar-refractivity contribution in [2.45, 2.75) is 0 Å². The molecular formula is C20H12O9. The van der Waals surface area contributed by atoms with Crippen molar-refractivity contribution < 1.29 is 43.3 Å². The second-order valence-electron chi connectivity index (χ2n) is 5.64. The fourth-order valence-corrected chi connectivity index (χ4v) is 2.27. The van der Waals surface area contributed by atoms with E-state index >= 15 is 0 Å². The van der Waals surface area contributed by atoms with Crippen LogP contribution in [0.4, 0.5) is 0 Å². The van der Waals surface area contributed by atoms with Crippen LogP contribution in [0.15, 0.2) is 65.5 Å². The number of aromatic carboxylic acids is 2. The Morgan fingerprint density at radius 1 is 0.621 bits per heavy atom. The summed E-state index contributed by atoms with van der Waals surface area (Å²) in [6, 6.07) is 10.2. The first kappa shape index (κ1) is 19.4. The van der Waals surface area contributed by atoms with E-state index in [-0.39, 0.29) is 33.8 Å². The zero-order chi connectivity index (χ0) is 21.0. The molecule has 9 heteroatoms. The van der Waals surface area contributed by atoms with Crippen molar-refractivity contribution in [2.75, 3.05) is 0 Å². The van der Waals surface area contributed by atoms with Crippen LogP contribution in [-0.4, -0.2) is 34.1 Å². The Balaban J connectivity index is 1.72. The van der Waals surface area contributed by atoms with Crippen molar-refractivity contribution in [3.8, 4) is 11.5 Å². The molecule has 3 rings (SSSR count). The number of rotatable bonds is 6. The van der Waals surface area contributed by atoms with Gasteiger partial charge in [0.25, 0.3) is 0 Å². The summed E-state index contributed by atoms with van der Waals surface area (Å²) in [5.74, 6) is -3.92. The summed E-state index contributed by atoms with van der Waals surface area (Å²) in [7, 11) is 0. The molecule has 0 aliphatic heterocycles. The number of carbonyl (C=O) groups excluding carboxylic acids is 2. The van der Waals surface area contributed by atoms with Crippen molar-refractivity contribution in [3.63, 3.8) is 0 Å². The number of carboxylic acid groups (broad SMARTS) is 2. The molecule has 0 fully saturated rings. The Kier molecular flexibility index (Phi) is 5.40. The summed E-state index contributed by atoms with van der Waals surface area (Å²) >= 11 is 0. The van der Waals surface area contributed by atoms with E-state index in [0.29, 0.717) is 0 Å². The van der Waals surface area contributed by atoms with Gasteiger partial charge in [-0.05, 0) is 48.5 Å². The SMILES string of the molecule is O=C(O)c1ccc(OC(=O)c2cocc2C(=O)Oc2ccc(C(=O)O)cc2)cc1. The molecular weight excluding hydrogens is 384 g/mol. The maximum Gasteiger partial charge on any atom is 0.347 e. The van der Waals surface area contributed by atoms with Crippen molar-refractivity contribution in [1.82, 2.24) is 0 Å². The van der Waals surface area contributed by atoms with E-state index in [1.54, 1.807) is 0 Å². The van der Waals surface area contributed by atoms with Gasteiger partial charge in [0.15, 0.2) is 0 Å². The van der Waals surface area contributed by atoms with E-state index in [4.69, 9.17) is 24.1 Å². The van der Waals surface area contributed by atoms with E-state index in [1.165, 1.54) is 48.5 Å². The molecule has 0 atom stereocenters. The highest BCUT2D eigenvalue weighted by Gasteiger charge is 2.23. The lowest BCUT2D eigenvalue weighted by molar-refractivity contribution is 0.0683. The van der Waals surface area contributed by atoms with Gasteiger partial charge in [0.05, 0.1) is 11.1 Å². The molecule has 0 aliphatic carbocycles. The second-order valence-corrected chi connectivity index (χ2v) is 5.64. The molecule has 0 saturated carbocycles. The van der Waals surface area contributed by atoms with Gasteiger partial charge < -0.3 is 24.1 Å². The third-order valence-electron chi connectivity index (χ3n) is 3.73. The maximum atomic E-state index is 12.3. The Morgan fingerprint density at radius 3 is 1.28 bits per heavy atom. The number of ether oxygens (including phenoxy) is 2. The average Bonchev–Trinajstić information content (AvgIpc) is 3.19. The van der Waals surface area contributed by atoms with Gasteiger partial charge in [0.2, 0.25) is 0 Å². The van der Waals surface area contributed by atoms with Crippen LogP contribution in [0.25, 0.3) is 0 Å². The zero-order valence-corrected chi connectivity index (χ0v) is 14.5. The number of esters is 2. The minimum absolute atomic E-state index is 0.0197. The zero-order valence-electron chi connectivity index (χ0n) is 14.5. The molecule has 9 nitrogen and oxygen atoms in total. The smallest absolute Gasteiger partial charge is 0.347 e. The van der Waals surface area contributed by atoms with Gasteiger partial charge >= 0.3 is 23.9 Å². The van der Waals surface area contributed by atoms with Crippen LogP contribution in [0.3, 0.4) is 0 Å². The molecule has 0 saturated heterocycles. The minimum atomic E-state index is -1.13. The van der Waals surface area contributed by atoms with Crippen LogP contribution in [0.5, 0.6) is 11.5 Å². The lowest BCUT2D eigenvalue weighted by Crippen LogP contribution is -2.15. The summed E-state index contributed by atoms with van der Waals surface area (Å²) < 4.78 is 15.1. The Morgan fingerprint density at radius 2 is 0.966 bits per heavy atom. The number of hydrogen-bond donors (Lipinski definition) is 2. The van der Waals surface area contributed by atoms with E-state index in [0.717, 1.165) is 12.5 Å². The molecule has 1 heterocycles. The van der Waals surface area contributed by atoms with E-state index in [9.17, 15) is 19.2 Å². The fraction of sp³-hybridized carbons (Fsp3) is 0.